The van der Waals surface area contributed by atoms with Crippen molar-refractivity contribution in [2.24, 2.45) is 0 Å². The summed E-state index contributed by atoms with van der Waals surface area (Å²) in [5.41, 5.74) is 4.12. The van der Waals surface area contributed by atoms with Crippen LogP contribution in [0.2, 0.25) is 5.02 Å². The first kappa shape index (κ1) is 17.4. The minimum atomic E-state index is -0.588. The Morgan fingerprint density at radius 3 is 2.35 bits per heavy atom. The number of nitrogens with one attached hydrogen (secondary N) is 1. The Morgan fingerprint density at radius 2 is 1.78 bits per heavy atom. The third kappa shape index (κ3) is 4.26. The van der Waals surface area contributed by atoms with Gasteiger partial charge in [-0.2, -0.15) is 0 Å². The van der Waals surface area contributed by atoms with Crippen molar-refractivity contribution in [1.82, 2.24) is 0 Å². The molecule has 1 N–H and O–H groups in total. The van der Waals surface area contributed by atoms with Gasteiger partial charge in [-0.15, -0.1) is 0 Å². The van der Waals surface area contributed by atoms with E-state index < -0.39 is 6.10 Å². The van der Waals surface area contributed by atoms with Crippen LogP contribution in [0.5, 0.6) is 5.75 Å². The predicted molar refractivity (Wildman–Crippen MR) is 95.4 cm³/mol. The normalized spacial score (nSPS) is 11.9. The quantitative estimate of drug-likeness (QED) is 0.831. The molecule has 0 aliphatic heterocycles. The Labute approximate surface area is 142 Å². The van der Waals surface area contributed by atoms with E-state index in [4.69, 9.17) is 16.3 Å². The number of rotatable bonds is 5. The van der Waals surface area contributed by atoms with Crippen LogP contribution in [0.15, 0.2) is 36.4 Å². The zero-order chi connectivity index (χ0) is 17.0. The highest BCUT2D eigenvalue weighted by Crippen LogP contribution is 2.26. The highest BCUT2D eigenvalue weighted by atomic mass is 35.5. The number of halogens is 1. The molecule has 0 heterocycles. The number of para-hydroxylation sites is 1. The fourth-order valence-electron chi connectivity index (χ4n) is 2.60. The Hall–Kier alpha value is -2.00. The number of aryl methyl sites for hydroxylation is 3. The van der Waals surface area contributed by atoms with Crippen LogP contribution in [0.25, 0.3) is 0 Å². The van der Waals surface area contributed by atoms with Gasteiger partial charge in [0.1, 0.15) is 5.75 Å². The third-order valence-electron chi connectivity index (χ3n) is 3.69. The van der Waals surface area contributed by atoms with E-state index in [2.05, 4.69) is 17.4 Å². The monoisotopic (exact) mass is 331 g/mol. The molecule has 2 aromatic carbocycles. The van der Waals surface area contributed by atoms with Crippen LogP contribution in [0.4, 0.5) is 5.69 Å². The molecular weight excluding hydrogens is 310 g/mol. The molecule has 0 fully saturated rings. The van der Waals surface area contributed by atoms with Crippen molar-refractivity contribution in [3.63, 3.8) is 0 Å². The van der Waals surface area contributed by atoms with E-state index in [9.17, 15) is 4.79 Å². The molecule has 0 aromatic heterocycles. The van der Waals surface area contributed by atoms with Gasteiger partial charge in [-0.25, -0.2) is 0 Å². The summed E-state index contributed by atoms with van der Waals surface area (Å²) in [6.45, 7) is 7.94. The van der Waals surface area contributed by atoms with Gasteiger partial charge in [-0.05, 0) is 50.5 Å². The number of amides is 1. The van der Waals surface area contributed by atoms with Gasteiger partial charge in [0.2, 0.25) is 0 Å². The summed E-state index contributed by atoms with van der Waals surface area (Å²) in [6.07, 6.45) is -0.0314. The maximum atomic E-state index is 12.6. The zero-order valence-corrected chi connectivity index (χ0v) is 14.7. The molecule has 0 spiro atoms. The molecule has 1 atom stereocenters. The molecule has 0 saturated carbocycles. The van der Waals surface area contributed by atoms with Gasteiger partial charge in [0.05, 0.1) is 5.02 Å². The van der Waals surface area contributed by atoms with E-state index >= 15 is 0 Å². The van der Waals surface area contributed by atoms with Crippen molar-refractivity contribution < 1.29 is 9.53 Å². The van der Waals surface area contributed by atoms with Crippen LogP contribution in [0, 0.1) is 20.8 Å². The fourth-order valence-corrected chi connectivity index (χ4v) is 2.78. The van der Waals surface area contributed by atoms with Crippen molar-refractivity contribution in [2.75, 3.05) is 5.32 Å². The average Bonchev–Trinajstić information content (AvgIpc) is 2.49. The number of hydrogen-bond acceptors (Lipinski definition) is 2. The minimum absolute atomic E-state index is 0.164. The van der Waals surface area contributed by atoms with Crippen molar-refractivity contribution in [2.45, 2.75) is 40.2 Å². The molecule has 0 saturated heterocycles. The Morgan fingerprint density at radius 1 is 1.17 bits per heavy atom. The predicted octanol–water partition coefficient (Wildman–Crippen LogP) is 5.06. The Bertz CT molecular complexity index is 689. The molecule has 3 nitrogen and oxygen atoms in total. The summed E-state index contributed by atoms with van der Waals surface area (Å²) in [7, 11) is 0. The molecule has 1 amide bonds. The van der Waals surface area contributed by atoms with E-state index in [1.807, 2.05) is 39.8 Å². The second-order valence-corrected chi connectivity index (χ2v) is 6.12. The van der Waals surface area contributed by atoms with Crippen LogP contribution in [0.1, 0.15) is 30.0 Å². The largest absolute Gasteiger partial charge is 0.479 e. The van der Waals surface area contributed by atoms with E-state index in [1.54, 1.807) is 12.1 Å². The Kier molecular flexibility index (Phi) is 5.67. The topological polar surface area (TPSA) is 38.3 Å². The summed E-state index contributed by atoms with van der Waals surface area (Å²) < 4.78 is 5.79. The van der Waals surface area contributed by atoms with Crippen LogP contribution in [0.3, 0.4) is 0 Å². The van der Waals surface area contributed by atoms with Gasteiger partial charge in [-0.3, -0.25) is 4.79 Å². The zero-order valence-electron chi connectivity index (χ0n) is 13.9. The number of benzene rings is 2. The summed E-state index contributed by atoms with van der Waals surface area (Å²) in [6, 6.07) is 11.3. The molecule has 2 aromatic rings. The first-order valence-corrected chi connectivity index (χ1v) is 8.10. The fraction of sp³-hybridized carbons (Fsp3) is 0.316. The molecule has 2 rings (SSSR count). The lowest BCUT2D eigenvalue weighted by atomic mass is 10.0. The van der Waals surface area contributed by atoms with Crippen molar-refractivity contribution in [3.05, 3.63) is 58.1 Å². The first-order valence-electron chi connectivity index (χ1n) is 7.72. The maximum absolute atomic E-state index is 12.6. The lowest BCUT2D eigenvalue weighted by molar-refractivity contribution is -0.122. The molecule has 0 bridgehead atoms. The van der Waals surface area contributed by atoms with Gasteiger partial charge in [0.15, 0.2) is 6.10 Å². The van der Waals surface area contributed by atoms with Crippen LogP contribution < -0.4 is 10.1 Å². The van der Waals surface area contributed by atoms with E-state index in [0.717, 1.165) is 16.8 Å². The minimum Gasteiger partial charge on any atom is -0.479 e. The smallest absolute Gasteiger partial charge is 0.265 e. The number of carbonyl (C=O) groups is 1. The van der Waals surface area contributed by atoms with Crippen LogP contribution in [-0.4, -0.2) is 12.0 Å². The van der Waals surface area contributed by atoms with Crippen LogP contribution >= 0.6 is 11.6 Å². The number of ether oxygens (including phenoxy) is 1. The van der Waals surface area contributed by atoms with Gasteiger partial charge >= 0.3 is 0 Å². The summed E-state index contributed by atoms with van der Waals surface area (Å²) in [5.74, 6) is 0.357. The highest BCUT2D eigenvalue weighted by molar-refractivity contribution is 6.32. The van der Waals surface area contributed by atoms with E-state index in [1.165, 1.54) is 5.56 Å². The number of carbonyl (C=O) groups excluding carboxylic acids is 1. The number of anilines is 1. The molecule has 4 heteroatoms. The summed E-state index contributed by atoms with van der Waals surface area (Å²) in [5, 5.41) is 3.49. The molecule has 0 radical (unpaired) electrons. The van der Waals surface area contributed by atoms with Crippen LogP contribution in [-0.2, 0) is 4.79 Å². The van der Waals surface area contributed by atoms with Gasteiger partial charge in [-0.1, -0.05) is 48.4 Å². The van der Waals surface area contributed by atoms with Gasteiger partial charge < -0.3 is 10.1 Å². The lowest BCUT2D eigenvalue weighted by Crippen LogP contribution is -2.33. The van der Waals surface area contributed by atoms with Crippen molar-refractivity contribution in [3.8, 4) is 5.75 Å². The standard InChI is InChI=1S/C19H22ClNO2/c1-5-16(23-17-9-7-6-8-15(17)20)19(22)21-18-13(3)10-12(2)11-14(18)4/h6-11,16H,5H2,1-4H3,(H,21,22)/t16-/m0/s1. The van der Waals surface area contributed by atoms with Gasteiger partial charge in [0.25, 0.3) is 5.91 Å². The molecular formula is C19H22ClNO2. The SMILES string of the molecule is CC[C@H](Oc1ccccc1Cl)C(=O)Nc1c(C)cc(C)cc1C. The average molecular weight is 332 g/mol. The molecule has 0 aliphatic carbocycles. The van der Waals surface area contributed by atoms with E-state index in [-0.39, 0.29) is 5.91 Å². The molecule has 0 aliphatic rings. The Balaban J connectivity index is 2.17. The molecule has 23 heavy (non-hydrogen) atoms. The van der Waals surface area contributed by atoms with Crippen molar-refractivity contribution in [1.29, 1.82) is 0 Å². The lowest BCUT2D eigenvalue weighted by Gasteiger charge is -2.20. The second-order valence-electron chi connectivity index (χ2n) is 5.71. The van der Waals surface area contributed by atoms with Crippen molar-refractivity contribution >= 4 is 23.2 Å². The highest BCUT2D eigenvalue weighted by Gasteiger charge is 2.20. The summed E-state index contributed by atoms with van der Waals surface area (Å²) in [4.78, 5) is 12.6. The van der Waals surface area contributed by atoms with Gasteiger partial charge in [0, 0.05) is 5.69 Å². The maximum Gasteiger partial charge on any atom is 0.265 e. The molecule has 122 valence electrons. The third-order valence-corrected chi connectivity index (χ3v) is 4.01. The first-order chi connectivity index (χ1) is 10.9. The number of hydrogen-bond donors (Lipinski definition) is 1. The van der Waals surface area contributed by atoms with E-state index in [0.29, 0.717) is 17.2 Å². The molecule has 0 unspecified atom stereocenters. The second kappa shape index (κ2) is 7.51. The summed E-state index contributed by atoms with van der Waals surface area (Å²) >= 11 is 6.10.